The van der Waals surface area contributed by atoms with Crippen LogP contribution in [0.3, 0.4) is 0 Å². The van der Waals surface area contributed by atoms with Crippen LogP contribution in [0.4, 0.5) is 0 Å². The summed E-state index contributed by atoms with van der Waals surface area (Å²) in [5.74, 6) is 2.62. The van der Waals surface area contributed by atoms with E-state index in [4.69, 9.17) is 9.47 Å². The van der Waals surface area contributed by atoms with Crippen LogP contribution in [0.15, 0.2) is 41.5 Å². The summed E-state index contributed by atoms with van der Waals surface area (Å²) in [6, 6.07) is 10.1. The maximum absolute atomic E-state index is 5.89. The zero-order valence-electron chi connectivity index (χ0n) is 16.7. The molecule has 152 valence electrons. The van der Waals surface area contributed by atoms with Gasteiger partial charge in [0.25, 0.3) is 0 Å². The Hall–Kier alpha value is -2.03. The molecule has 3 rings (SSSR count). The Kier molecular flexibility index (Phi) is 8.82. The van der Waals surface area contributed by atoms with E-state index < -0.39 is 0 Å². The maximum Gasteiger partial charge on any atom is 0.191 e. The largest absolute Gasteiger partial charge is 0.494 e. The summed E-state index contributed by atoms with van der Waals surface area (Å²) in [5, 5.41) is 6.68. The van der Waals surface area contributed by atoms with E-state index in [2.05, 4.69) is 39.7 Å². The Bertz CT molecular complexity index is 783. The Labute approximate surface area is 184 Å². The molecule has 28 heavy (non-hydrogen) atoms. The van der Waals surface area contributed by atoms with Gasteiger partial charge in [-0.1, -0.05) is 6.07 Å². The van der Waals surface area contributed by atoms with Gasteiger partial charge in [-0.2, -0.15) is 0 Å². The molecule has 0 saturated heterocycles. The Morgan fingerprint density at radius 1 is 1.32 bits per heavy atom. The molecule has 0 aliphatic carbocycles. The SMILES string of the molecule is CCOc1cc2c(cc1CNC(=NC)NCCc1ccccn1)OC(C)C2.I. The van der Waals surface area contributed by atoms with Crippen molar-refractivity contribution in [3.05, 3.63) is 53.3 Å². The number of hydrogen-bond acceptors (Lipinski definition) is 4. The topological polar surface area (TPSA) is 67.8 Å². The number of nitrogens with one attached hydrogen (secondary N) is 2. The molecule has 2 N–H and O–H groups in total. The molecule has 1 aliphatic heterocycles. The van der Waals surface area contributed by atoms with E-state index in [9.17, 15) is 0 Å². The first-order valence-corrected chi connectivity index (χ1v) is 9.49. The second-order valence-electron chi connectivity index (χ2n) is 6.56. The van der Waals surface area contributed by atoms with Gasteiger partial charge in [-0.05, 0) is 38.1 Å². The number of aromatic nitrogens is 1. The number of pyridine rings is 1. The number of aliphatic imine (C=N–C) groups is 1. The first-order chi connectivity index (χ1) is 13.2. The predicted octanol–water partition coefficient (Wildman–Crippen LogP) is 3.33. The molecule has 0 saturated carbocycles. The lowest BCUT2D eigenvalue weighted by Crippen LogP contribution is -2.38. The number of nitrogens with zero attached hydrogens (tertiary/aromatic N) is 2. The van der Waals surface area contributed by atoms with Gasteiger partial charge in [-0.3, -0.25) is 9.98 Å². The van der Waals surface area contributed by atoms with Gasteiger partial charge >= 0.3 is 0 Å². The molecule has 0 amide bonds. The molecular formula is C21H29IN4O2. The quantitative estimate of drug-likeness (QED) is 0.350. The average Bonchev–Trinajstić information content (AvgIpc) is 3.04. The van der Waals surface area contributed by atoms with Crippen LogP contribution in [0.5, 0.6) is 11.5 Å². The Morgan fingerprint density at radius 3 is 2.89 bits per heavy atom. The van der Waals surface area contributed by atoms with Gasteiger partial charge in [0, 0.05) is 56.0 Å². The highest BCUT2D eigenvalue weighted by atomic mass is 127. The lowest BCUT2D eigenvalue weighted by Gasteiger charge is -2.15. The van der Waals surface area contributed by atoms with Gasteiger partial charge in [0.15, 0.2) is 5.96 Å². The minimum atomic E-state index is 0. The van der Waals surface area contributed by atoms with Crippen LogP contribution >= 0.6 is 24.0 Å². The average molecular weight is 496 g/mol. The first-order valence-electron chi connectivity index (χ1n) is 9.49. The summed E-state index contributed by atoms with van der Waals surface area (Å²) in [6.07, 6.45) is 3.81. The standard InChI is InChI=1S/C21H28N4O2.HI/c1-4-26-19-12-16-11-15(2)27-20(16)13-17(19)14-25-21(22-3)24-10-8-18-7-5-6-9-23-18;/h5-7,9,12-13,15H,4,8,10-11,14H2,1-3H3,(H2,22,24,25);1H. The lowest BCUT2D eigenvalue weighted by molar-refractivity contribution is 0.254. The van der Waals surface area contributed by atoms with E-state index in [1.165, 1.54) is 5.56 Å². The number of ether oxygens (including phenoxy) is 2. The number of rotatable bonds is 7. The summed E-state index contributed by atoms with van der Waals surface area (Å²) in [6.45, 7) is 6.11. The molecule has 2 heterocycles. The Morgan fingerprint density at radius 2 is 2.18 bits per heavy atom. The molecule has 0 bridgehead atoms. The van der Waals surface area contributed by atoms with Crippen molar-refractivity contribution in [1.82, 2.24) is 15.6 Å². The van der Waals surface area contributed by atoms with E-state index in [1.807, 2.05) is 31.3 Å². The van der Waals surface area contributed by atoms with Gasteiger partial charge in [0.05, 0.1) is 6.61 Å². The highest BCUT2D eigenvalue weighted by Crippen LogP contribution is 2.35. The van der Waals surface area contributed by atoms with Gasteiger partial charge in [-0.15, -0.1) is 24.0 Å². The summed E-state index contributed by atoms with van der Waals surface area (Å²) < 4.78 is 11.7. The number of fused-ring (bicyclic) bond motifs is 1. The normalized spacial score (nSPS) is 15.2. The smallest absolute Gasteiger partial charge is 0.191 e. The van der Waals surface area contributed by atoms with Crippen molar-refractivity contribution in [1.29, 1.82) is 0 Å². The van der Waals surface area contributed by atoms with Gasteiger partial charge < -0.3 is 20.1 Å². The number of benzene rings is 1. The highest BCUT2D eigenvalue weighted by molar-refractivity contribution is 14.0. The van der Waals surface area contributed by atoms with Crippen LogP contribution in [-0.2, 0) is 19.4 Å². The summed E-state index contributed by atoms with van der Waals surface area (Å²) in [4.78, 5) is 8.63. The number of guanidine groups is 1. The van der Waals surface area contributed by atoms with Crippen LogP contribution in [0.2, 0.25) is 0 Å². The van der Waals surface area contributed by atoms with E-state index in [0.717, 1.165) is 48.1 Å². The van der Waals surface area contributed by atoms with Crippen LogP contribution < -0.4 is 20.1 Å². The molecule has 0 radical (unpaired) electrons. The molecule has 0 fully saturated rings. The number of hydrogen-bond donors (Lipinski definition) is 2. The molecule has 1 atom stereocenters. The molecule has 7 heteroatoms. The fraction of sp³-hybridized carbons (Fsp3) is 0.429. The van der Waals surface area contributed by atoms with Crippen molar-refractivity contribution in [3.63, 3.8) is 0 Å². The minimum Gasteiger partial charge on any atom is -0.494 e. The van der Waals surface area contributed by atoms with Crippen LogP contribution in [0, 0.1) is 0 Å². The maximum atomic E-state index is 5.89. The molecule has 0 spiro atoms. The molecule has 1 aromatic carbocycles. The summed E-state index contributed by atoms with van der Waals surface area (Å²) in [7, 11) is 1.77. The molecular weight excluding hydrogens is 467 g/mol. The van der Waals surface area contributed by atoms with E-state index in [0.29, 0.717) is 13.2 Å². The fourth-order valence-corrected chi connectivity index (χ4v) is 3.16. The van der Waals surface area contributed by atoms with Crippen molar-refractivity contribution < 1.29 is 9.47 Å². The second kappa shape index (κ2) is 11.1. The lowest BCUT2D eigenvalue weighted by atomic mass is 10.1. The van der Waals surface area contributed by atoms with Gasteiger partial charge in [0.1, 0.15) is 17.6 Å². The molecule has 1 aliphatic rings. The van der Waals surface area contributed by atoms with Crippen molar-refractivity contribution in [3.8, 4) is 11.5 Å². The first kappa shape index (κ1) is 22.3. The van der Waals surface area contributed by atoms with Gasteiger partial charge in [0.2, 0.25) is 0 Å². The van der Waals surface area contributed by atoms with Crippen molar-refractivity contribution in [2.75, 3.05) is 20.2 Å². The summed E-state index contributed by atoms with van der Waals surface area (Å²) in [5.41, 5.74) is 3.34. The zero-order chi connectivity index (χ0) is 19.1. The van der Waals surface area contributed by atoms with E-state index in [-0.39, 0.29) is 30.1 Å². The van der Waals surface area contributed by atoms with E-state index in [1.54, 1.807) is 7.05 Å². The molecule has 1 unspecified atom stereocenters. The van der Waals surface area contributed by atoms with Crippen LogP contribution in [0.25, 0.3) is 0 Å². The third kappa shape index (κ3) is 5.98. The zero-order valence-corrected chi connectivity index (χ0v) is 19.0. The minimum absolute atomic E-state index is 0. The van der Waals surface area contributed by atoms with Crippen molar-refractivity contribution in [2.24, 2.45) is 4.99 Å². The van der Waals surface area contributed by atoms with Crippen molar-refractivity contribution in [2.45, 2.75) is 39.3 Å². The number of halogens is 1. The molecule has 1 aromatic heterocycles. The monoisotopic (exact) mass is 496 g/mol. The van der Waals surface area contributed by atoms with Crippen LogP contribution in [-0.4, -0.2) is 37.2 Å². The predicted molar refractivity (Wildman–Crippen MR) is 123 cm³/mol. The second-order valence-corrected chi connectivity index (χ2v) is 6.56. The van der Waals surface area contributed by atoms with E-state index >= 15 is 0 Å². The highest BCUT2D eigenvalue weighted by Gasteiger charge is 2.21. The Balaban J connectivity index is 0.00000280. The van der Waals surface area contributed by atoms with Crippen LogP contribution in [0.1, 0.15) is 30.7 Å². The molecule has 6 nitrogen and oxygen atoms in total. The van der Waals surface area contributed by atoms with Crippen molar-refractivity contribution >= 4 is 29.9 Å². The third-order valence-corrected chi connectivity index (χ3v) is 4.45. The van der Waals surface area contributed by atoms with Gasteiger partial charge in [-0.25, -0.2) is 0 Å². The third-order valence-electron chi connectivity index (χ3n) is 4.45. The molecule has 2 aromatic rings. The summed E-state index contributed by atoms with van der Waals surface area (Å²) >= 11 is 0. The fourth-order valence-electron chi connectivity index (χ4n) is 3.16.